The van der Waals surface area contributed by atoms with Gasteiger partial charge in [0, 0.05) is 23.0 Å². The van der Waals surface area contributed by atoms with Crippen molar-refractivity contribution >= 4 is 15.9 Å². The van der Waals surface area contributed by atoms with Crippen molar-refractivity contribution in [3.8, 4) is 5.75 Å². The molecule has 0 unspecified atom stereocenters. The summed E-state index contributed by atoms with van der Waals surface area (Å²) in [5.41, 5.74) is 5.02. The Bertz CT molecular complexity index is 328. The Labute approximate surface area is 85.4 Å². The van der Waals surface area contributed by atoms with E-state index in [4.69, 9.17) is 10.6 Å². The first kappa shape index (κ1) is 8.99. The number of halogens is 1. The van der Waals surface area contributed by atoms with Gasteiger partial charge in [-0.25, -0.2) is 0 Å². The van der Waals surface area contributed by atoms with Gasteiger partial charge in [0.1, 0.15) is 5.75 Å². The summed E-state index contributed by atoms with van der Waals surface area (Å²) in [4.78, 5) is 0. The molecule has 0 amide bonds. The van der Waals surface area contributed by atoms with Crippen LogP contribution in [0.15, 0.2) is 16.6 Å². The zero-order valence-corrected chi connectivity index (χ0v) is 8.73. The highest BCUT2D eigenvalue weighted by Gasteiger charge is 2.16. The molecule has 0 saturated carbocycles. The van der Waals surface area contributed by atoms with Gasteiger partial charge in [-0.15, -0.1) is 0 Å². The summed E-state index contributed by atoms with van der Waals surface area (Å²) < 4.78 is 6.61. The Balaban J connectivity index is 2.43. The van der Waals surface area contributed by atoms with E-state index in [0.29, 0.717) is 6.54 Å². The Morgan fingerprint density at radius 3 is 3.15 bits per heavy atom. The van der Waals surface area contributed by atoms with E-state index in [1.807, 2.05) is 6.07 Å². The molecule has 13 heavy (non-hydrogen) atoms. The van der Waals surface area contributed by atoms with Crippen molar-refractivity contribution in [2.75, 3.05) is 6.61 Å². The van der Waals surface area contributed by atoms with E-state index in [1.54, 1.807) is 0 Å². The number of hydrogen-bond donors (Lipinski definition) is 2. The summed E-state index contributed by atoms with van der Waals surface area (Å²) in [7, 11) is 0. The maximum Gasteiger partial charge on any atom is 0.127 e. The molecule has 1 aromatic rings. The Morgan fingerprint density at radius 1 is 1.54 bits per heavy atom. The van der Waals surface area contributed by atoms with Gasteiger partial charge in [-0.05, 0) is 17.7 Å². The fraction of sp³-hybridized carbons (Fsp3) is 0.333. The van der Waals surface area contributed by atoms with Crippen molar-refractivity contribution in [1.82, 2.24) is 5.43 Å². The third-order valence-electron chi connectivity index (χ3n) is 2.12. The van der Waals surface area contributed by atoms with E-state index in [9.17, 15) is 0 Å². The van der Waals surface area contributed by atoms with Crippen LogP contribution < -0.4 is 16.0 Å². The molecule has 0 saturated heterocycles. The second kappa shape index (κ2) is 3.65. The fourth-order valence-electron chi connectivity index (χ4n) is 1.59. The molecule has 0 fully saturated rings. The van der Waals surface area contributed by atoms with Gasteiger partial charge in [0.2, 0.25) is 0 Å². The molecule has 1 heterocycles. The van der Waals surface area contributed by atoms with Crippen molar-refractivity contribution in [2.24, 2.45) is 5.84 Å². The van der Waals surface area contributed by atoms with Crippen molar-refractivity contribution in [3.63, 3.8) is 0 Å². The SMILES string of the molecule is NNCc1cc(Br)cc2c1OCC2. The molecule has 0 aromatic heterocycles. The molecule has 0 bridgehead atoms. The molecule has 1 aliphatic rings. The normalized spacial score (nSPS) is 14.0. The first-order valence-corrected chi connectivity index (χ1v) is 4.98. The summed E-state index contributed by atoms with van der Waals surface area (Å²) in [6.07, 6.45) is 0.992. The maximum absolute atomic E-state index is 5.52. The summed E-state index contributed by atoms with van der Waals surface area (Å²) in [6.45, 7) is 1.42. The van der Waals surface area contributed by atoms with Crippen LogP contribution in [0.4, 0.5) is 0 Å². The second-order valence-electron chi connectivity index (χ2n) is 3.03. The largest absolute Gasteiger partial charge is 0.493 e. The lowest BCUT2D eigenvalue weighted by Gasteiger charge is -2.07. The van der Waals surface area contributed by atoms with E-state index >= 15 is 0 Å². The average molecular weight is 243 g/mol. The van der Waals surface area contributed by atoms with E-state index < -0.39 is 0 Å². The minimum absolute atomic E-state index is 0.641. The lowest BCUT2D eigenvalue weighted by Crippen LogP contribution is -2.21. The first-order valence-electron chi connectivity index (χ1n) is 4.19. The molecule has 0 aliphatic carbocycles. The van der Waals surface area contributed by atoms with Crippen molar-refractivity contribution in [3.05, 3.63) is 27.7 Å². The predicted octanol–water partition coefficient (Wildman–Crippen LogP) is 1.35. The van der Waals surface area contributed by atoms with Gasteiger partial charge in [-0.3, -0.25) is 11.3 Å². The Hall–Kier alpha value is -0.580. The molecule has 1 aromatic carbocycles. The number of ether oxygens (including phenoxy) is 1. The van der Waals surface area contributed by atoms with Crippen LogP contribution in [0.2, 0.25) is 0 Å². The maximum atomic E-state index is 5.52. The molecule has 0 radical (unpaired) electrons. The van der Waals surface area contributed by atoms with Crippen LogP contribution in [0.25, 0.3) is 0 Å². The monoisotopic (exact) mass is 242 g/mol. The van der Waals surface area contributed by atoms with Crippen molar-refractivity contribution in [2.45, 2.75) is 13.0 Å². The molecule has 3 nitrogen and oxygen atoms in total. The van der Waals surface area contributed by atoms with Gasteiger partial charge in [-0.2, -0.15) is 0 Å². The number of rotatable bonds is 2. The molecule has 0 spiro atoms. The van der Waals surface area contributed by atoms with Crippen LogP contribution in [0, 0.1) is 0 Å². The van der Waals surface area contributed by atoms with Gasteiger partial charge in [0.25, 0.3) is 0 Å². The highest BCUT2D eigenvalue weighted by molar-refractivity contribution is 9.10. The summed E-state index contributed by atoms with van der Waals surface area (Å²) >= 11 is 3.46. The van der Waals surface area contributed by atoms with Gasteiger partial charge in [0.15, 0.2) is 0 Å². The Morgan fingerprint density at radius 2 is 2.38 bits per heavy atom. The van der Waals surface area contributed by atoms with E-state index in [-0.39, 0.29) is 0 Å². The molecule has 70 valence electrons. The third kappa shape index (κ3) is 1.70. The average Bonchev–Trinajstić information content (AvgIpc) is 2.52. The van der Waals surface area contributed by atoms with Crippen LogP contribution in [0.3, 0.4) is 0 Å². The molecule has 3 N–H and O–H groups in total. The predicted molar refractivity (Wildman–Crippen MR) is 54.4 cm³/mol. The highest BCUT2D eigenvalue weighted by Crippen LogP contribution is 2.32. The van der Waals surface area contributed by atoms with Gasteiger partial charge in [0.05, 0.1) is 6.61 Å². The number of hydrogen-bond acceptors (Lipinski definition) is 3. The minimum atomic E-state index is 0.641. The molecule has 4 heteroatoms. The first-order chi connectivity index (χ1) is 6.31. The smallest absolute Gasteiger partial charge is 0.127 e. The summed E-state index contributed by atoms with van der Waals surface area (Å²) in [5, 5.41) is 0. The lowest BCUT2D eigenvalue weighted by molar-refractivity contribution is 0.352. The standard InChI is InChI=1S/C9H11BrN2O/c10-8-3-6-1-2-13-9(6)7(4-8)5-12-11/h3-4,12H,1-2,5,11H2. The van der Waals surface area contributed by atoms with E-state index in [2.05, 4.69) is 27.4 Å². The van der Waals surface area contributed by atoms with Crippen LogP contribution in [0.5, 0.6) is 5.75 Å². The molecular weight excluding hydrogens is 232 g/mol. The molecule has 1 aliphatic heterocycles. The number of nitrogens with one attached hydrogen (secondary N) is 1. The number of benzene rings is 1. The number of fused-ring (bicyclic) bond motifs is 1. The summed E-state index contributed by atoms with van der Waals surface area (Å²) in [5.74, 6) is 6.28. The minimum Gasteiger partial charge on any atom is -0.493 e. The van der Waals surface area contributed by atoms with Crippen LogP contribution >= 0.6 is 15.9 Å². The number of nitrogens with two attached hydrogens (primary N) is 1. The lowest BCUT2D eigenvalue weighted by atomic mass is 10.1. The molecule has 2 rings (SSSR count). The van der Waals surface area contributed by atoms with E-state index in [0.717, 1.165) is 28.8 Å². The third-order valence-corrected chi connectivity index (χ3v) is 2.58. The number of hydrazine groups is 1. The highest BCUT2D eigenvalue weighted by atomic mass is 79.9. The van der Waals surface area contributed by atoms with E-state index in [1.165, 1.54) is 5.56 Å². The fourth-order valence-corrected chi connectivity index (χ4v) is 2.14. The summed E-state index contributed by atoms with van der Waals surface area (Å²) in [6, 6.07) is 4.13. The van der Waals surface area contributed by atoms with Crippen LogP contribution in [-0.2, 0) is 13.0 Å². The van der Waals surface area contributed by atoms with Gasteiger partial charge < -0.3 is 4.74 Å². The zero-order chi connectivity index (χ0) is 9.26. The van der Waals surface area contributed by atoms with Crippen LogP contribution in [0.1, 0.15) is 11.1 Å². The quantitative estimate of drug-likeness (QED) is 0.608. The van der Waals surface area contributed by atoms with Gasteiger partial charge in [-0.1, -0.05) is 15.9 Å². The zero-order valence-electron chi connectivity index (χ0n) is 7.14. The molecule has 0 atom stereocenters. The molecular formula is C9H11BrN2O. The Kier molecular flexibility index (Phi) is 2.53. The van der Waals surface area contributed by atoms with Crippen molar-refractivity contribution in [1.29, 1.82) is 0 Å². The topological polar surface area (TPSA) is 47.3 Å². The van der Waals surface area contributed by atoms with Crippen LogP contribution in [-0.4, -0.2) is 6.61 Å². The van der Waals surface area contributed by atoms with Gasteiger partial charge >= 0.3 is 0 Å². The second-order valence-corrected chi connectivity index (χ2v) is 3.95. The van der Waals surface area contributed by atoms with Crippen molar-refractivity contribution < 1.29 is 4.74 Å².